The van der Waals surface area contributed by atoms with E-state index in [4.69, 9.17) is 4.74 Å². The Kier molecular flexibility index (Phi) is 5.71. The van der Waals surface area contributed by atoms with Gasteiger partial charge in [0, 0.05) is 39.3 Å². The quantitative estimate of drug-likeness (QED) is 0.451. The zero-order chi connectivity index (χ0) is 19.2. The predicted octanol–water partition coefficient (Wildman–Crippen LogP) is 1.13. The maximum Gasteiger partial charge on any atom is 0.269 e. The molecule has 1 aliphatic rings. The summed E-state index contributed by atoms with van der Waals surface area (Å²) < 4.78 is 5.36. The van der Waals surface area contributed by atoms with Crippen LogP contribution < -0.4 is 15.2 Å². The van der Waals surface area contributed by atoms with Gasteiger partial charge in [0.05, 0.1) is 24.4 Å². The predicted molar refractivity (Wildman–Crippen MR) is 101 cm³/mol. The average Bonchev–Trinajstić information content (AvgIpc) is 2.69. The van der Waals surface area contributed by atoms with Gasteiger partial charge in [0.25, 0.3) is 5.69 Å². The van der Waals surface area contributed by atoms with E-state index in [2.05, 4.69) is 25.5 Å². The standard InChI is InChI=1S/C16H20N8O3/c1-22(2)15-18-14(19-16(20-15)23-7-9-27-10-8-23)21-17-11-12-3-5-13(6-4-12)24(25)26/h3-6,11H,7-10H2,1-2H3,(H,18,19,20,21)/b17-11+. The van der Waals surface area contributed by atoms with Crippen molar-refractivity contribution >= 4 is 29.7 Å². The smallest absolute Gasteiger partial charge is 0.269 e. The molecule has 1 saturated heterocycles. The van der Waals surface area contributed by atoms with E-state index in [0.29, 0.717) is 49.7 Å². The lowest BCUT2D eigenvalue weighted by atomic mass is 10.2. The number of hydrazone groups is 1. The first-order valence-electron chi connectivity index (χ1n) is 8.32. The van der Waals surface area contributed by atoms with Crippen molar-refractivity contribution in [2.45, 2.75) is 0 Å². The lowest BCUT2D eigenvalue weighted by molar-refractivity contribution is -0.384. The topological polar surface area (TPSA) is 122 Å². The molecule has 2 aromatic rings. The van der Waals surface area contributed by atoms with Crippen LogP contribution in [0.1, 0.15) is 5.56 Å². The number of nitrogens with zero attached hydrogens (tertiary/aromatic N) is 7. The number of nitro groups is 1. The van der Waals surface area contributed by atoms with Crippen molar-refractivity contribution in [3.05, 3.63) is 39.9 Å². The lowest BCUT2D eigenvalue weighted by Gasteiger charge is -2.27. The van der Waals surface area contributed by atoms with Gasteiger partial charge < -0.3 is 14.5 Å². The van der Waals surface area contributed by atoms with E-state index in [0.717, 1.165) is 0 Å². The summed E-state index contributed by atoms with van der Waals surface area (Å²) >= 11 is 0. The number of nitrogens with one attached hydrogen (secondary N) is 1. The van der Waals surface area contributed by atoms with E-state index >= 15 is 0 Å². The molecule has 11 heteroatoms. The fourth-order valence-electron chi connectivity index (χ4n) is 2.36. The highest BCUT2D eigenvalue weighted by atomic mass is 16.6. The Bertz CT molecular complexity index is 819. The second-order valence-electron chi connectivity index (χ2n) is 5.97. The minimum atomic E-state index is -0.445. The number of non-ortho nitro benzene ring substituents is 1. The van der Waals surface area contributed by atoms with Crippen LogP contribution in [0, 0.1) is 10.1 Å². The van der Waals surface area contributed by atoms with Crippen molar-refractivity contribution < 1.29 is 9.66 Å². The number of hydrogen-bond donors (Lipinski definition) is 1. The second-order valence-corrected chi connectivity index (χ2v) is 5.97. The third-order valence-electron chi connectivity index (χ3n) is 3.79. The molecule has 1 aliphatic heterocycles. The van der Waals surface area contributed by atoms with Crippen LogP contribution in [-0.2, 0) is 4.74 Å². The number of nitro benzene ring substituents is 1. The fourth-order valence-corrected chi connectivity index (χ4v) is 2.36. The summed E-state index contributed by atoms with van der Waals surface area (Å²) in [6.45, 7) is 2.68. The molecular formula is C16H20N8O3. The summed E-state index contributed by atoms with van der Waals surface area (Å²) in [5.41, 5.74) is 3.54. The Balaban J connectivity index is 1.74. The van der Waals surface area contributed by atoms with Crippen LogP contribution in [-0.4, -0.2) is 66.5 Å². The van der Waals surface area contributed by atoms with Gasteiger partial charge in [0.2, 0.25) is 17.8 Å². The third-order valence-corrected chi connectivity index (χ3v) is 3.79. The summed E-state index contributed by atoms with van der Waals surface area (Å²) in [6.07, 6.45) is 1.54. The molecular weight excluding hydrogens is 352 g/mol. The molecule has 0 spiro atoms. The van der Waals surface area contributed by atoms with Crippen molar-refractivity contribution in [3.8, 4) is 0 Å². The van der Waals surface area contributed by atoms with Crippen LogP contribution >= 0.6 is 0 Å². The number of hydrogen-bond acceptors (Lipinski definition) is 10. The SMILES string of the molecule is CN(C)c1nc(N/N=C/c2ccc([N+](=O)[O-])cc2)nc(N2CCOCC2)n1. The molecule has 1 aromatic carbocycles. The normalized spacial score (nSPS) is 14.4. The van der Waals surface area contributed by atoms with Crippen molar-refractivity contribution in [1.29, 1.82) is 0 Å². The molecule has 11 nitrogen and oxygen atoms in total. The molecule has 0 amide bonds. The molecule has 3 rings (SSSR count). The Morgan fingerprint density at radius 3 is 2.56 bits per heavy atom. The first-order chi connectivity index (χ1) is 13.0. The van der Waals surface area contributed by atoms with Gasteiger partial charge in [-0.1, -0.05) is 0 Å². The maximum absolute atomic E-state index is 10.7. The molecule has 142 valence electrons. The van der Waals surface area contributed by atoms with Crippen LogP contribution in [0.2, 0.25) is 0 Å². The van der Waals surface area contributed by atoms with E-state index in [1.165, 1.54) is 18.3 Å². The first-order valence-corrected chi connectivity index (χ1v) is 8.32. The first kappa shape index (κ1) is 18.5. The van der Waals surface area contributed by atoms with Crippen LogP contribution in [0.3, 0.4) is 0 Å². The lowest BCUT2D eigenvalue weighted by Crippen LogP contribution is -2.37. The van der Waals surface area contributed by atoms with E-state index in [1.54, 1.807) is 17.0 Å². The molecule has 0 unspecified atom stereocenters. The molecule has 2 heterocycles. The summed E-state index contributed by atoms with van der Waals surface area (Å²) in [7, 11) is 3.70. The van der Waals surface area contributed by atoms with Crippen LogP contribution in [0.15, 0.2) is 29.4 Å². The number of ether oxygens (including phenoxy) is 1. The third kappa shape index (κ3) is 4.85. The van der Waals surface area contributed by atoms with Gasteiger partial charge in [-0.05, 0) is 17.7 Å². The van der Waals surface area contributed by atoms with Gasteiger partial charge in [0.15, 0.2) is 0 Å². The van der Waals surface area contributed by atoms with Crippen molar-refractivity contribution in [2.24, 2.45) is 5.10 Å². The highest BCUT2D eigenvalue weighted by Crippen LogP contribution is 2.16. The van der Waals surface area contributed by atoms with E-state index in [-0.39, 0.29) is 5.69 Å². The molecule has 27 heavy (non-hydrogen) atoms. The highest BCUT2D eigenvalue weighted by Gasteiger charge is 2.17. The van der Waals surface area contributed by atoms with Crippen LogP contribution in [0.4, 0.5) is 23.5 Å². The molecule has 1 aromatic heterocycles. The van der Waals surface area contributed by atoms with E-state index < -0.39 is 4.92 Å². The van der Waals surface area contributed by atoms with E-state index in [9.17, 15) is 10.1 Å². The number of benzene rings is 1. The number of anilines is 3. The number of rotatable bonds is 6. The van der Waals surface area contributed by atoms with Gasteiger partial charge in [-0.25, -0.2) is 5.43 Å². The summed E-state index contributed by atoms with van der Waals surface area (Å²) in [6, 6.07) is 6.07. The van der Waals surface area contributed by atoms with Crippen molar-refractivity contribution in [2.75, 3.05) is 55.6 Å². The molecule has 0 bridgehead atoms. The van der Waals surface area contributed by atoms with Gasteiger partial charge in [0.1, 0.15) is 0 Å². The summed E-state index contributed by atoms with van der Waals surface area (Å²) in [5, 5.41) is 14.8. The zero-order valence-corrected chi connectivity index (χ0v) is 15.1. The molecule has 1 N–H and O–H groups in total. The van der Waals surface area contributed by atoms with Crippen molar-refractivity contribution in [3.63, 3.8) is 0 Å². The largest absolute Gasteiger partial charge is 0.378 e. The Morgan fingerprint density at radius 2 is 1.93 bits per heavy atom. The van der Waals surface area contributed by atoms with Crippen LogP contribution in [0.5, 0.6) is 0 Å². The molecule has 1 fully saturated rings. The van der Waals surface area contributed by atoms with Crippen molar-refractivity contribution in [1.82, 2.24) is 15.0 Å². The van der Waals surface area contributed by atoms with Crippen LogP contribution in [0.25, 0.3) is 0 Å². The number of morpholine rings is 1. The average molecular weight is 372 g/mol. The molecule has 0 atom stereocenters. The molecule has 0 radical (unpaired) electrons. The fraction of sp³-hybridized carbons (Fsp3) is 0.375. The van der Waals surface area contributed by atoms with E-state index in [1.807, 2.05) is 19.0 Å². The molecule has 0 saturated carbocycles. The highest BCUT2D eigenvalue weighted by molar-refractivity contribution is 5.80. The zero-order valence-electron chi connectivity index (χ0n) is 15.1. The maximum atomic E-state index is 10.7. The minimum Gasteiger partial charge on any atom is -0.378 e. The van der Waals surface area contributed by atoms with Gasteiger partial charge in [-0.15, -0.1) is 0 Å². The Labute approximate surface area is 155 Å². The Hall–Kier alpha value is -3.34. The van der Waals surface area contributed by atoms with Gasteiger partial charge >= 0.3 is 0 Å². The Morgan fingerprint density at radius 1 is 1.22 bits per heavy atom. The monoisotopic (exact) mass is 372 g/mol. The van der Waals surface area contributed by atoms with Gasteiger partial charge in [-0.3, -0.25) is 10.1 Å². The minimum absolute atomic E-state index is 0.0309. The molecule has 0 aliphatic carbocycles. The summed E-state index contributed by atoms with van der Waals surface area (Å²) in [5.74, 6) is 1.39. The second kappa shape index (κ2) is 8.36. The van der Waals surface area contributed by atoms with Gasteiger partial charge in [-0.2, -0.15) is 20.1 Å². The summed E-state index contributed by atoms with van der Waals surface area (Å²) in [4.78, 5) is 27.3. The number of aromatic nitrogens is 3.